The molecule has 2 aromatic carbocycles. The minimum Gasteiger partial charge on any atom is -0.340 e. The molecule has 1 aliphatic rings. The Labute approximate surface area is 147 Å². The lowest BCUT2D eigenvalue weighted by molar-refractivity contribution is 0.710. The number of rotatable bonds is 1. The maximum absolute atomic E-state index is 4.74. The molecule has 0 bridgehead atoms. The van der Waals surface area contributed by atoms with E-state index >= 15 is 0 Å². The molecule has 0 atom stereocenters. The minimum atomic E-state index is 1.04. The number of hydrogen-bond acceptors (Lipinski definition) is 1. The molecule has 0 spiro atoms. The molecule has 0 fully saturated rings. The number of para-hydroxylation sites is 1. The SMILES string of the molecule is Cc1cnc(-c2cccc3c2-c2cc4ccccc4n2CC3)cc1C. The van der Waals surface area contributed by atoms with Crippen molar-refractivity contribution in [1.82, 2.24) is 9.55 Å². The van der Waals surface area contributed by atoms with E-state index in [-0.39, 0.29) is 0 Å². The maximum Gasteiger partial charge on any atom is 0.0711 e. The van der Waals surface area contributed by atoms with Crippen molar-refractivity contribution in [3.8, 4) is 22.5 Å². The molecule has 0 N–H and O–H groups in total. The predicted molar refractivity (Wildman–Crippen MR) is 104 cm³/mol. The lowest BCUT2D eigenvalue weighted by Gasteiger charge is -2.23. The van der Waals surface area contributed by atoms with Crippen LogP contribution in [0.2, 0.25) is 0 Å². The average Bonchev–Trinajstić information content (AvgIpc) is 3.02. The van der Waals surface area contributed by atoms with Gasteiger partial charge in [0.05, 0.1) is 11.4 Å². The molecule has 2 heteroatoms. The molecule has 4 aromatic rings. The van der Waals surface area contributed by atoms with Crippen LogP contribution in [0.4, 0.5) is 0 Å². The topological polar surface area (TPSA) is 17.8 Å². The van der Waals surface area contributed by atoms with Gasteiger partial charge in [-0.3, -0.25) is 4.98 Å². The summed E-state index contributed by atoms with van der Waals surface area (Å²) in [5, 5.41) is 1.31. The Morgan fingerprint density at radius 1 is 0.920 bits per heavy atom. The molecule has 0 saturated carbocycles. The Balaban J connectivity index is 1.81. The van der Waals surface area contributed by atoms with Gasteiger partial charge in [0.25, 0.3) is 0 Å². The molecule has 0 unspecified atom stereocenters. The van der Waals surface area contributed by atoms with Gasteiger partial charge in [0, 0.05) is 34.8 Å². The number of pyridine rings is 1. The van der Waals surface area contributed by atoms with Crippen molar-refractivity contribution in [2.45, 2.75) is 26.8 Å². The van der Waals surface area contributed by atoms with Crippen molar-refractivity contribution >= 4 is 10.9 Å². The molecular weight excluding hydrogens is 304 g/mol. The van der Waals surface area contributed by atoms with Crippen LogP contribution in [-0.2, 0) is 13.0 Å². The summed E-state index contributed by atoms with van der Waals surface area (Å²) in [6.07, 6.45) is 3.06. The fourth-order valence-electron chi connectivity index (χ4n) is 3.99. The Bertz CT molecular complexity index is 1120. The minimum absolute atomic E-state index is 1.04. The second kappa shape index (κ2) is 5.32. The first-order valence-corrected chi connectivity index (χ1v) is 8.86. The van der Waals surface area contributed by atoms with E-state index in [2.05, 4.69) is 73.0 Å². The Morgan fingerprint density at radius 3 is 2.68 bits per heavy atom. The zero-order chi connectivity index (χ0) is 17.0. The smallest absolute Gasteiger partial charge is 0.0711 e. The first-order chi connectivity index (χ1) is 12.2. The Hall–Kier alpha value is -2.87. The van der Waals surface area contributed by atoms with E-state index in [0.29, 0.717) is 0 Å². The molecule has 2 aromatic heterocycles. The number of hydrogen-bond donors (Lipinski definition) is 0. The second-order valence-corrected chi connectivity index (χ2v) is 6.98. The highest BCUT2D eigenvalue weighted by atomic mass is 15.0. The lowest BCUT2D eigenvalue weighted by Crippen LogP contribution is -2.11. The van der Waals surface area contributed by atoms with Crippen LogP contribution in [0.5, 0.6) is 0 Å². The average molecular weight is 324 g/mol. The Kier molecular flexibility index (Phi) is 3.08. The fraction of sp³-hybridized carbons (Fsp3) is 0.174. The van der Waals surface area contributed by atoms with E-state index in [9.17, 15) is 0 Å². The van der Waals surface area contributed by atoms with Crippen LogP contribution in [-0.4, -0.2) is 9.55 Å². The van der Waals surface area contributed by atoms with Gasteiger partial charge in [-0.15, -0.1) is 0 Å². The number of aryl methyl sites for hydroxylation is 4. The van der Waals surface area contributed by atoms with Gasteiger partial charge in [-0.2, -0.15) is 0 Å². The largest absolute Gasteiger partial charge is 0.340 e. The van der Waals surface area contributed by atoms with E-state index < -0.39 is 0 Å². The summed E-state index contributed by atoms with van der Waals surface area (Å²) in [6, 6.07) is 19.9. The summed E-state index contributed by atoms with van der Waals surface area (Å²) in [5.41, 5.74) is 10.3. The zero-order valence-electron chi connectivity index (χ0n) is 14.6. The van der Waals surface area contributed by atoms with Gasteiger partial charge < -0.3 is 4.57 Å². The molecule has 3 heterocycles. The second-order valence-electron chi connectivity index (χ2n) is 6.98. The summed E-state index contributed by atoms with van der Waals surface area (Å²) < 4.78 is 2.46. The van der Waals surface area contributed by atoms with Gasteiger partial charge in [0.15, 0.2) is 0 Å². The van der Waals surface area contributed by atoms with E-state index in [0.717, 1.165) is 18.7 Å². The van der Waals surface area contributed by atoms with E-state index in [1.807, 2.05) is 6.20 Å². The highest BCUT2D eigenvalue weighted by Crippen LogP contribution is 2.40. The van der Waals surface area contributed by atoms with Crippen LogP contribution in [0, 0.1) is 13.8 Å². The van der Waals surface area contributed by atoms with Crippen LogP contribution in [0.3, 0.4) is 0 Å². The molecule has 25 heavy (non-hydrogen) atoms. The van der Waals surface area contributed by atoms with Crippen LogP contribution in [0.15, 0.2) is 60.8 Å². The van der Waals surface area contributed by atoms with Gasteiger partial charge in [-0.1, -0.05) is 36.4 Å². The van der Waals surface area contributed by atoms with Crippen LogP contribution >= 0.6 is 0 Å². The molecule has 2 nitrogen and oxygen atoms in total. The van der Waals surface area contributed by atoms with Crippen LogP contribution < -0.4 is 0 Å². The molecule has 0 amide bonds. The summed E-state index contributed by atoms with van der Waals surface area (Å²) in [4.78, 5) is 4.74. The van der Waals surface area contributed by atoms with E-state index in [4.69, 9.17) is 4.98 Å². The van der Waals surface area contributed by atoms with Crippen molar-refractivity contribution < 1.29 is 0 Å². The van der Waals surface area contributed by atoms with Gasteiger partial charge in [-0.25, -0.2) is 0 Å². The molecule has 0 radical (unpaired) electrons. The third kappa shape index (κ3) is 2.14. The summed E-state index contributed by atoms with van der Waals surface area (Å²) in [6.45, 7) is 5.32. The predicted octanol–water partition coefficient (Wildman–Crippen LogP) is 5.54. The van der Waals surface area contributed by atoms with Crippen molar-refractivity contribution in [3.63, 3.8) is 0 Å². The van der Waals surface area contributed by atoms with Crippen LogP contribution in [0.1, 0.15) is 16.7 Å². The molecule has 5 rings (SSSR count). The van der Waals surface area contributed by atoms with Gasteiger partial charge >= 0.3 is 0 Å². The first-order valence-electron chi connectivity index (χ1n) is 8.86. The summed E-state index contributed by atoms with van der Waals surface area (Å²) in [5.74, 6) is 0. The summed E-state index contributed by atoms with van der Waals surface area (Å²) >= 11 is 0. The van der Waals surface area contributed by atoms with Crippen LogP contribution in [0.25, 0.3) is 33.4 Å². The van der Waals surface area contributed by atoms with Gasteiger partial charge in [0.2, 0.25) is 0 Å². The third-order valence-electron chi connectivity index (χ3n) is 5.47. The normalized spacial score (nSPS) is 12.9. The van der Waals surface area contributed by atoms with E-state index in [1.54, 1.807) is 0 Å². The maximum atomic E-state index is 4.74. The quantitative estimate of drug-likeness (QED) is 0.449. The zero-order valence-corrected chi connectivity index (χ0v) is 14.6. The van der Waals surface area contributed by atoms with Crippen molar-refractivity contribution in [2.75, 3.05) is 0 Å². The summed E-state index contributed by atoms with van der Waals surface area (Å²) in [7, 11) is 0. The van der Waals surface area contributed by atoms with Crippen molar-refractivity contribution in [2.24, 2.45) is 0 Å². The number of aromatic nitrogens is 2. The number of fused-ring (bicyclic) bond motifs is 5. The molecule has 122 valence electrons. The van der Waals surface area contributed by atoms with Gasteiger partial charge in [0.1, 0.15) is 0 Å². The Morgan fingerprint density at radius 2 is 1.80 bits per heavy atom. The van der Waals surface area contributed by atoms with Crippen molar-refractivity contribution in [1.29, 1.82) is 0 Å². The lowest BCUT2D eigenvalue weighted by atomic mass is 9.91. The highest BCUT2D eigenvalue weighted by molar-refractivity contribution is 5.92. The highest BCUT2D eigenvalue weighted by Gasteiger charge is 2.22. The molecule has 1 aliphatic heterocycles. The van der Waals surface area contributed by atoms with Gasteiger partial charge in [-0.05, 0) is 55.2 Å². The van der Waals surface area contributed by atoms with E-state index in [1.165, 1.54) is 44.4 Å². The third-order valence-corrected chi connectivity index (χ3v) is 5.47. The fourth-order valence-corrected chi connectivity index (χ4v) is 3.99. The van der Waals surface area contributed by atoms with Crippen molar-refractivity contribution in [3.05, 3.63) is 77.5 Å². The molecule has 0 aliphatic carbocycles. The first kappa shape index (κ1) is 14.5. The standard InChI is InChI=1S/C23H20N2/c1-15-12-20(24-14-16(15)2)19-8-5-7-17-10-11-25-21-9-4-3-6-18(21)13-22(25)23(17)19/h3-9,12-14H,10-11H2,1-2H3. The molecule has 0 saturated heterocycles. The monoisotopic (exact) mass is 324 g/mol. The number of nitrogens with zero attached hydrogens (tertiary/aromatic N) is 2. The molecular formula is C23H20N2. The number of benzene rings is 2.